The third-order valence-corrected chi connectivity index (χ3v) is 12.4. The number of halogens is 3. The molecule has 0 aliphatic carbocycles. The number of hydrogen-bond donors (Lipinski definition) is 1. The first-order chi connectivity index (χ1) is 35.0. The standard InChI is InChI=1S/C19H17FN4O.C17H16BrFN2O.C14H23BN2O4.2CO2/c20-17-3-1-2-14(10-17)13-23-8-9-24(19(23)25)18-6-4-15(5-7-18)16-11-21-22-12-16;1-12-10-20(11-13-3-2-4-15(19)9-13)17(22)21(12)16-7-5-14(18)6-8-16;1-12(2,3)19-11(18)17-9-10(8-16-17)15-20-13(4,5)14(6,7)21-15;2*2-1-3/h1-7,10-12H,8-9,13H2,(H,21,22);2-9,12H,10-11H2,1H3;8-9H,1-7H3;;. The van der Waals surface area contributed by atoms with Crippen LogP contribution >= 0.6 is 15.9 Å². The Hall–Kier alpha value is -7.61. The summed E-state index contributed by atoms with van der Waals surface area (Å²) in [7, 11) is -0.536. The summed E-state index contributed by atoms with van der Waals surface area (Å²) in [5.41, 5.74) is 4.67. The van der Waals surface area contributed by atoms with Crippen molar-refractivity contribution >= 4 is 70.3 Å². The summed E-state index contributed by atoms with van der Waals surface area (Å²) in [5.74, 6) is -0.558. The molecule has 18 nitrogen and oxygen atoms in total. The number of anilines is 2. The van der Waals surface area contributed by atoms with Crippen LogP contribution in [-0.2, 0) is 46.3 Å². The Bertz CT molecular complexity index is 2880. The number of H-pyrrole nitrogens is 1. The van der Waals surface area contributed by atoms with E-state index in [0.717, 1.165) is 42.8 Å². The Morgan fingerprint density at radius 1 is 0.784 bits per heavy atom. The minimum atomic E-state index is -0.562. The molecule has 1 unspecified atom stereocenters. The first-order valence-corrected chi connectivity index (χ1v) is 23.9. The molecule has 4 amide bonds. The molecule has 0 bridgehead atoms. The maximum atomic E-state index is 13.3. The maximum Gasteiger partial charge on any atom is 0.498 e. The molecule has 1 atom stereocenters. The van der Waals surface area contributed by atoms with Gasteiger partial charge in [0.15, 0.2) is 0 Å². The van der Waals surface area contributed by atoms with Crippen LogP contribution in [0.5, 0.6) is 0 Å². The van der Waals surface area contributed by atoms with Crippen LogP contribution in [0.15, 0.2) is 126 Å². The number of aromatic amines is 1. The van der Waals surface area contributed by atoms with Gasteiger partial charge in [0, 0.05) is 78.2 Å². The number of urea groups is 2. The van der Waals surface area contributed by atoms with E-state index in [0.29, 0.717) is 38.2 Å². The van der Waals surface area contributed by atoms with Crippen molar-refractivity contribution in [3.05, 3.63) is 149 Å². The number of ether oxygens (including phenoxy) is 1. The maximum absolute atomic E-state index is 13.3. The van der Waals surface area contributed by atoms with E-state index in [-0.39, 0.29) is 42.0 Å². The van der Waals surface area contributed by atoms with Crippen LogP contribution in [0.25, 0.3) is 11.1 Å². The zero-order valence-corrected chi connectivity index (χ0v) is 43.7. The van der Waals surface area contributed by atoms with Gasteiger partial charge in [-0.05, 0) is 133 Å². The smallest absolute Gasteiger partial charge is 0.442 e. The lowest BCUT2D eigenvalue weighted by atomic mass is 9.82. The van der Waals surface area contributed by atoms with Gasteiger partial charge in [-0.25, -0.2) is 23.2 Å². The number of nitrogens with one attached hydrogen (secondary N) is 1. The van der Waals surface area contributed by atoms with Gasteiger partial charge in [-0.1, -0.05) is 52.3 Å². The average Bonchev–Trinajstić information content (AvgIpc) is 4.18. The van der Waals surface area contributed by atoms with E-state index in [9.17, 15) is 23.2 Å². The molecule has 3 fully saturated rings. The number of rotatable bonds is 8. The molecule has 4 aromatic carbocycles. The Labute approximate surface area is 435 Å². The van der Waals surface area contributed by atoms with Gasteiger partial charge in [0.05, 0.1) is 23.4 Å². The molecule has 22 heteroatoms. The van der Waals surface area contributed by atoms with Crippen LogP contribution in [0.3, 0.4) is 0 Å². The quantitative estimate of drug-likeness (QED) is 0.142. The molecule has 388 valence electrons. The second kappa shape index (κ2) is 25.4. The Balaban J connectivity index is 0.000000196. The van der Waals surface area contributed by atoms with Crippen molar-refractivity contribution in [2.45, 2.75) is 91.3 Å². The zero-order valence-electron chi connectivity index (χ0n) is 42.1. The summed E-state index contributed by atoms with van der Waals surface area (Å²) in [6, 6.07) is 28.3. The third-order valence-electron chi connectivity index (χ3n) is 11.8. The Kier molecular flexibility index (Phi) is 19.6. The average molecular weight is 1080 g/mol. The van der Waals surface area contributed by atoms with Crippen molar-refractivity contribution in [2.24, 2.45) is 0 Å². The first kappa shape index (κ1) is 57.3. The van der Waals surface area contributed by atoms with E-state index in [1.54, 1.807) is 50.3 Å². The molecule has 1 N–H and O–H groups in total. The molecular weight excluding hydrogens is 1030 g/mol. The summed E-state index contributed by atoms with van der Waals surface area (Å²) < 4.78 is 45.8. The summed E-state index contributed by atoms with van der Waals surface area (Å²) in [4.78, 5) is 76.7. The highest BCUT2D eigenvalue weighted by molar-refractivity contribution is 9.10. The van der Waals surface area contributed by atoms with E-state index in [2.05, 4.69) is 31.2 Å². The fraction of sp³-hybridized carbons (Fsp3) is 0.327. The summed E-state index contributed by atoms with van der Waals surface area (Å²) in [6.45, 7) is 18.1. The third kappa shape index (κ3) is 15.5. The Morgan fingerprint density at radius 2 is 1.32 bits per heavy atom. The highest BCUT2D eigenvalue weighted by Crippen LogP contribution is 2.36. The second-order valence-corrected chi connectivity index (χ2v) is 19.9. The fourth-order valence-electron chi connectivity index (χ4n) is 7.69. The normalized spacial score (nSPS) is 16.3. The predicted molar refractivity (Wildman–Crippen MR) is 271 cm³/mol. The van der Waals surface area contributed by atoms with E-state index in [1.807, 2.05) is 122 Å². The number of amides is 4. The predicted octanol–water partition coefficient (Wildman–Crippen LogP) is 8.88. The lowest BCUT2D eigenvalue weighted by molar-refractivity contribution is -0.193. The minimum Gasteiger partial charge on any atom is -0.442 e. The summed E-state index contributed by atoms with van der Waals surface area (Å²) >= 11 is 3.40. The van der Waals surface area contributed by atoms with Crippen molar-refractivity contribution in [1.29, 1.82) is 0 Å². The number of hydrogen-bond acceptors (Lipinski definition) is 12. The lowest BCUT2D eigenvalue weighted by Crippen LogP contribution is -2.41. The van der Waals surface area contributed by atoms with Crippen LogP contribution in [0.4, 0.5) is 34.5 Å². The molecule has 9 rings (SSSR count). The lowest BCUT2D eigenvalue weighted by Gasteiger charge is -2.32. The van der Waals surface area contributed by atoms with Crippen LogP contribution in [-0.4, -0.2) is 110 Å². The number of benzene rings is 4. The van der Waals surface area contributed by atoms with Crippen molar-refractivity contribution in [2.75, 3.05) is 29.4 Å². The van der Waals surface area contributed by atoms with E-state index in [4.69, 9.17) is 33.2 Å². The van der Waals surface area contributed by atoms with Gasteiger partial charge < -0.3 is 23.8 Å². The van der Waals surface area contributed by atoms with Crippen LogP contribution in [0, 0.1) is 11.6 Å². The van der Waals surface area contributed by atoms with E-state index >= 15 is 0 Å². The Morgan fingerprint density at radius 3 is 1.84 bits per heavy atom. The van der Waals surface area contributed by atoms with Crippen molar-refractivity contribution in [3.8, 4) is 11.1 Å². The van der Waals surface area contributed by atoms with E-state index < -0.39 is 30.0 Å². The monoisotopic (exact) mass is 1080 g/mol. The van der Waals surface area contributed by atoms with Crippen molar-refractivity contribution in [1.82, 2.24) is 29.8 Å². The molecule has 5 heterocycles. The molecule has 74 heavy (non-hydrogen) atoms. The topological polar surface area (TPSA) is 207 Å². The molecule has 0 spiro atoms. The molecule has 3 saturated heterocycles. The van der Waals surface area contributed by atoms with Gasteiger partial charge in [-0.2, -0.15) is 34.1 Å². The molecule has 6 aromatic rings. The van der Waals surface area contributed by atoms with Gasteiger partial charge in [-0.3, -0.25) is 14.9 Å². The van der Waals surface area contributed by atoms with Gasteiger partial charge in [-0.15, -0.1) is 0 Å². The second-order valence-electron chi connectivity index (χ2n) is 19.0. The van der Waals surface area contributed by atoms with Crippen molar-refractivity contribution in [3.63, 3.8) is 0 Å². The largest absolute Gasteiger partial charge is 0.498 e. The van der Waals surface area contributed by atoms with Gasteiger partial charge in [0.25, 0.3) is 0 Å². The van der Waals surface area contributed by atoms with Crippen LogP contribution < -0.4 is 15.3 Å². The minimum absolute atomic E-state index is 0.0425. The summed E-state index contributed by atoms with van der Waals surface area (Å²) in [5, 5.41) is 10.8. The van der Waals surface area contributed by atoms with Crippen LogP contribution in [0.1, 0.15) is 66.5 Å². The van der Waals surface area contributed by atoms with Gasteiger partial charge in [0.1, 0.15) is 17.2 Å². The molecule has 3 aliphatic heterocycles. The van der Waals surface area contributed by atoms with Crippen LogP contribution in [0.2, 0.25) is 0 Å². The number of carbonyl (C=O) groups excluding carboxylic acids is 7. The van der Waals surface area contributed by atoms with Crippen molar-refractivity contribution < 1.29 is 56.4 Å². The SMILES string of the molecule is CC(C)(C)OC(=O)n1cc(B2OC(C)(C)C(C)(C)O2)cn1.CC1CN(Cc2cccc(F)c2)C(=O)N1c1ccc(Br)cc1.O=C1N(Cc2cccc(F)c2)CCN1c1ccc(-c2cn[nH]c2)cc1.O=C=O.O=C=O. The number of carbonyl (C=O) groups is 3. The number of aromatic nitrogens is 4. The molecule has 0 radical (unpaired) electrons. The first-order valence-electron chi connectivity index (χ1n) is 23.1. The number of nitrogens with zero attached hydrogens (tertiary/aromatic N) is 7. The molecule has 0 saturated carbocycles. The van der Waals surface area contributed by atoms with E-state index in [1.165, 1.54) is 24.3 Å². The molecule has 2 aromatic heterocycles. The molecule has 3 aliphatic rings. The highest BCUT2D eigenvalue weighted by Gasteiger charge is 2.52. The fourth-order valence-corrected chi connectivity index (χ4v) is 7.95. The van der Waals surface area contributed by atoms with Gasteiger partial charge >= 0.3 is 37.6 Å². The molecular formula is C52H56BBrF2N8O10. The highest BCUT2D eigenvalue weighted by atomic mass is 79.9. The summed E-state index contributed by atoms with van der Waals surface area (Å²) in [6.07, 6.45) is 6.71. The zero-order chi connectivity index (χ0) is 54.4. The van der Waals surface area contributed by atoms with Gasteiger partial charge in [0.2, 0.25) is 0 Å².